The Hall–Kier alpha value is -2.42. The van der Waals surface area contributed by atoms with Gasteiger partial charge in [-0.1, -0.05) is 75.4 Å². The Morgan fingerprint density at radius 1 is 0.870 bits per heavy atom. The Balaban J connectivity index is 1.97. The molecular formula is C20H22O3. The number of benzene rings is 2. The van der Waals surface area contributed by atoms with E-state index in [1.165, 1.54) is 0 Å². The van der Waals surface area contributed by atoms with Crippen molar-refractivity contribution in [2.75, 3.05) is 6.61 Å². The first-order valence-corrected chi connectivity index (χ1v) is 7.84. The summed E-state index contributed by atoms with van der Waals surface area (Å²) in [7, 11) is 0. The lowest BCUT2D eigenvalue weighted by Crippen LogP contribution is -2.22. The fourth-order valence-corrected chi connectivity index (χ4v) is 2.10. The van der Waals surface area contributed by atoms with Crippen molar-refractivity contribution in [3.63, 3.8) is 0 Å². The molecule has 1 unspecified atom stereocenters. The van der Waals surface area contributed by atoms with Gasteiger partial charge in [0.15, 0.2) is 12.4 Å². The van der Waals surface area contributed by atoms with Crippen LogP contribution in [-0.4, -0.2) is 18.4 Å². The maximum Gasteiger partial charge on any atom is 0.309 e. The van der Waals surface area contributed by atoms with E-state index in [9.17, 15) is 9.59 Å². The van der Waals surface area contributed by atoms with Crippen molar-refractivity contribution in [3.8, 4) is 11.1 Å². The minimum Gasteiger partial charge on any atom is -0.457 e. The van der Waals surface area contributed by atoms with Crippen molar-refractivity contribution in [2.45, 2.75) is 20.8 Å². The summed E-state index contributed by atoms with van der Waals surface area (Å²) in [6.45, 7) is 5.51. The molecule has 2 aromatic carbocycles. The van der Waals surface area contributed by atoms with E-state index in [-0.39, 0.29) is 30.2 Å². The summed E-state index contributed by atoms with van der Waals surface area (Å²) in [4.78, 5) is 23.9. The molecule has 1 atom stereocenters. The Labute approximate surface area is 137 Å². The predicted molar refractivity (Wildman–Crippen MR) is 91.2 cm³/mol. The van der Waals surface area contributed by atoms with Crippen LogP contribution in [-0.2, 0) is 9.53 Å². The number of ether oxygens (including phenoxy) is 1. The van der Waals surface area contributed by atoms with Crippen LogP contribution in [0, 0.1) is 11.8 Å². The predicted octanol–water partition coefficient (Wildman–Crippen LogP) is 4.37. The number of hydrogen-bond donors (Lipinski definition) is 0. The van der Waals surface area contributed by atoms with Gasteiger partial charge in [0.25, 0.3) is 0 Å². The SMILES string of the molecule is CC(C)C(C)C(=O)OCC(=O)c1ccc(-c2ccccc2)cc1. The van der Waals surface area contributed by atoms with Gasteiger partial charge in [0.1, 0.15) is 0 Å². The van der Waals surface area contributed by atoms with E-state index in [2.05, 4.69) is 0 Å². The van der Waals surface area contributed by atoms with Gasteiger partial charge in [0, 0.05) is 5.56 Å². The topological polar surface area (TPSA) is 43.4 Å². The average molecular weight is 310 g/mol. The van der Waals surface area contributed by atoms with E-state index in [4.69, 9.17) is 4.74 Å². The minimum absolute atomic E-state index is 0.186. The molecule has 0 N–H and O–H groups in total. The van der Waals surface area contributed by atoms with E-state index in [0.717, 1.165) is 11.1 Å². The largest absolute Gasteiger partial charge is 0.457 e. The van der Waals surface area contributed by atoms with E-state index >= 15 is 0 Å². The number of ketones is 1. The van der Waals surface area contributed by atoms with Gasteiger partial charge in [-0.25, -0.2) is 0 Å². The quantitative estimate of drug-likeness (QED) is 0.588. The molecule has 0 spiro atoms. The number of Topliss-reactive ketones (excluding diaryl/α,β-unsaturated/α-hetero) is 1. The number of esters is 1. The molecule has 0 radical (unpaired) electrons. The summed E-state index contributed by atoms with van der Waals surface area (Å²) >= 11 is 0. The van der Waals surface area contributed by atoms with Crippen molar-refractivity contribution >= 4 is 11.8 Å². The monoisotopic (exact) mass is 310 g/mol. The van der Waals surface area contributed by atoms with Gasteiger partial charge in [-0.2, -0.15) is 0 Å². The minimum atomic E-state index is -0.325. The fraction of sp³-hybridized carbons (Fsp3) is 0.300. The fourth-order valence-electron chi connectivity index (χ4n) is 2.10. The highest BCUT2D eigenvalue weighted by atomic mass is 16.5. The van der Waals surface area contributed by atoms with Gasteiger partial charge in [-0.05, 0) is 17.0 Å². The molecule has 0 heterocycles. The molecule has 2 aromatic rings. The van der Waals surface area contributed by atoms with Gasteiger partial charge < -0.3 is 4.74 Å². The summed E-state index contributed by atoms with van der Waals surface area (Å²) < 4.78 is 5.11. The Morgan fingerprint density at radius 3 is 2.00 bits per heavy atom. The molecule has 0 aliphatic carbocycles. The van der Waals surface area contributed by atoms with Crippen LogP contribution < -0.4 is 0 Å². The molecule has 3 nitrogen and oxygen atoms in total. The molecule has 0 amide bonds. The molecule has 3 heteroatoms. The number of carbonyl (C=O) groups is 2. The number of hydrogen-bond acceptors (Lipinski definition) is 3. The lowest BCUT2D eigenvalue weighted by atomic mass is 9.98. The van der Waals surface area contributed by atoms with Crippen molar-refractivity contribution < 1.29 is 14.3 Å². The number of carbonyl (C=O) groups excluding carboxylic acids is 2. The third-order valence-electron chi connectivity index (χ3n) is 4.03. The Morgan fingerprint density at radius 2 is 1.43 bits per heavy atom. The van der Waals surface area contributed by atoms with Gasteiger partial charge in [-0.3, -0.25) is 9.59 Å². The molecule has 2 rings (SSSR count). The van der Waals surface area contributed by atoms with Crippen LogP contribution in [0.15, 0.2) is 54.6 Å². The molecule has 0 saturated heterocycles. The van der Waals surface area contributed by atoms with E-state index < -0.39 is 0 Å². The van der Waals surface area contributed by atoms with Gasteiger partial charge >= 0.3 is 5.97 Å². The third kappa shape index (κ3) is 4.52. The molecule has 120 valence electrons. The molecule has 0 aliphatic rings. The highest BCUT2D eigenvalue weighted by Crippen LogP contribution is 2.19. The zero-order valence-electron chi connectivity index (χ0n) is 13.8. The normalized spacial score (nSPS) is 12.0. The maximum atomic E-state index is 12.1. The van der Waals surface area contributed by atoms with Crippen LogP contribution in [0.1, 0.15) is 31.1 Å². The summed E-state index contributed by atoms with van der Waals surface area (Å²) in [5.74, 6) is -0.519. The van der Waals surface area contributed by atoms with Gasteiger partial charge in [0.2, 0.25) is 0 Å². The van der Waals surface area contributed by atoms with Gasteiger partial charge in [-0.15, -0.1) is 0 Å². The molecule has 23 heavy (non-hydrogen) atoms. The molecule has 0 fully saturated rings. The summed E-state index contributed by atoms with van der Waals surface area (Å²) in [6, 6.07) is 17.3. The first kappa shape index (κ1) is 16.9. The van der Waals surface area contributed by atoms with Crippen molar-refractivity contribution in [3.05, 3.63) is 60.2 Å². The lowest BCUT2D eigenvalue weighted by molar-refractivity contribution is -0.148. The van der Waals surface area contributed by atoms with E-state index in [0.29, 0.717) is 5.56 Å². The lowest BCUT2D eigenvalue weighted by Gasteiger charge is -2.14. The van der Waals surface area contributed by atoms with E-state index in [1.807, 2.05) is 63.2 Å². The second-order valence-electron chi connectivity index (χ2n) is 6.01. The highest BCUT2D eigenvalue weighted by Gasteiger charge is 2.19. The van der Waals surface area contributed by atoms with Crippen molar-refractivity contribution in [1.29, 1.82) is 0 Å². The zero-order chi connectivity index (χ0) is 16.8. The van der Waals surface area contributed by atoms with Crippen LogP contribution in [0.4, 0.5) is 0 Å². The molecular weight excluding hydrogens is 288 g/mol. The van der Waals surface area contributed by atoms with Crippen molar-refractivity contribution in [1.82, 2.24) is 0 Å². The maximum absolute atomic E-state index is 12.1. The summed E-state index contributed by atoms with van der Waals surface area (Å²) in [5, 5.41) is 0. The Bertz CT molecular complexity index is 657. The summed E-state index contributed by atoms with van der Waals surface area (Å²) in [5.41, 5.74) is 2.70. The zero-order valence-corrected chi connectivity index (χ0v) is 13.8. The van der Waals surface area contributed by atoms with Crippen LogP contribution in [0.25, 0.3) is 11.1 Å². The first-order chi connectivity index (χ1) is 11.0. The second-order valence-corrected chi connectivity index (χ2v) is 6.01. The molecule has 0 bridgehead atoms. The van der Waals surface area contributed by atoms with E-state index in [1.54, 1.807) is 12.1 Å². The van der Waals surface area contributed by atoms with Crippen LogP contribution in [0.2, 0.25) is 0 Å². The highest BCUT2D eigenvalue weighted by molar-refractivity contribution is 5.98. The molecule has 0 aliphatic heterocycles. The van der Waals surface area contributed by atoms with Gasteiger partial charge in [0.05, 0.1) is 5.92 Å². The smallest absolute Gasteiger partial charge is 0.309 e. The van der Waals surface area contributed by atoms with Crippen LogP contribution >= 0.6 is 0 Å². The second kappa shape index (κ2) is 7.73. The van der Waals surface area contributed by atoms with Crippen LogP contribution in [0.3, 0.4) is 0 Å². The summed E-state index contributed by atoms with van der Waals surface area (Å²) in [6.07, 6.45) is 0. The third-order valence-corrected chi connectivity index (χ3v) is 4.03. The molecule has 0 saturated carbocycles. The van der Waals surface area contributed by atoms with Crippen molar-refractivity contribution in [2.24, 2.45) is 11.8 Å². The Kier molecular flexibility index (Phi) is 5.69. The average Bonchev–Trinajstić information content (AvgIpc) is 2.59. The van der Waals surface area contributed by atoms with Crippen LogP contribution in [0.5, 0.6) is 0 Å². The first-order valence-electron chi connectivity index (χ1n) is 7.84. The molecule has 0 aromatic heterocycles. The standard InChI is InChI=1S/C20H22O3/c1-14(2)15(3)20(22)23-13-19(21)18-11-9-17(10-12-18)16-7-5-4-6-8-16/h4-12,14-15H,13H2,1-3H3. The number of rotatable bonds is 6.